The fraction of sp³-hybridized carbons (Fsp3) is 0.609. The maximum atomic E-state index is 12.8. The molecule has 0 saturated heterocycles. The minimum atomic E-state index is -1.49. The molecule has 0 saturated carbocycles. The van der Waals surface area contributed by atoms with Crippen molar-refractivity contribution in [3.8, 4) is 0 Å². The van der Waals surface area contributed by atoms with Crippen LogP contribution < -0.4 is 0 Å². The minimum absolute atomic E-state index is 0.000111. The van der Waals surface area contributed by atoms with E-state index in [2.05, 4.69) is 26.2 Å². The van der Waals surface area contributed by atoms with E-state index in [1.165, 1.54) is 0 Å². The van der Waals surface area contributed by atoms with Gasteiger partial charge in [-0.1, -0.05) is 56.6 Å². The summed E-state index contributed by atoms with van der Waals surface area (Å²) in [5.41, 5.74) is 1.78. The van der Waals surface area contributed by atoms with E-state index in [-0.39, 0.29) is 18.7 Å². The van der Waals surface area contributed by atoms with Gasteiger partial charge in [0.05, 0.1) is 13.2 Å². The second-order valence-electron chi connectivity index (χ2n) is 9.36. The normalized spacial score (nSPS) is 14.0. The summed E-state index contributed by atoms with van der Waals surface area (Å²) in [5, 5.41) is 10.8. The van der Waals surface area contributed by atoms with Gasteiger partial charge in [-0.05, 0) is 44.9 Å². The largest absolute Gasteiger partial charge is 0.439 e. The fourth-order valence-corrected chi connectivity index (χ4v) is 4.93. The van der Waals surface area contributed by atoms with E-state index in [1.54, 1.807) is 4.90 Å². The van der Waals surface area contributed by atoms with Crippen molar-refractivity contribution in [2.75, 3.05) is 6.61 Å². The van der Waals surface area contributed by atoms with E-state index in [1.807, 2.05) is 58.0 Å². The molecule has 1 rings (SSSR count). The Labute approximate surface area is 177 Å². The molecule has 29 heavy (non-hydrogen) atoms. The molecule has 0 aliphatic rings. The van der Waals surface area contributed by atoms with Gasteiger partial charge in [0, 0.05) is 20.2 Å². The first kappa shape index (κ1) is 25.4. The monoisotopic (exact) mass is 421 g/mol. The van der Waals surface area contributed by atoms with E-state index in [9.17, 15) is 9.90 Å². The standard InChI is InChI=1S/C23H39NO4Si/c1-17(2)24(18(3)4)23(26)28-22(19(5)16-29(6,7)8)21(25)15-27-14-20-12-10-9-11-13-20/h9-13,17-18,21-22,25H,5,14-16H2,1-4,6-8H3/t21-,22+/m1/s1. The Kier molecular flexibility index (Phi) is 10.1. The van der Waals surface area contributed by atoms with Crippen LogP contribution in [0.3, 0.4) is 0 Å². The van der Waals surface area contributed by atoms with Crippen molar-refractivity contribution >= 4 is 14.2 Å². The predicted molar refractivity (Wildman–Crippen MR) is 122 cm³/mol. The number of rotatable bonds is 11. The van der Waals surface area contributed by atoms with Gasteiger partial charge in [-0.15, -0.1) is 0 Å². The number of ether oxygens (including phenoxy) is 2. The highest BCUT2D eigenvalue weighted by Crippen LogP contribution is 2.23. The summed E-state index contributed by atoms with van der Waals surface area (Å²) >= 11 is 0. The van der Waals surface area contributed by atoms with E-state index >= 15 is 0 Å². The SMILES string of the molecule is C=C(C[Si](C)(C)C)[C@H](OC(=O)N(C(C)C)C(C)C)[C@H](O)COCc1ccccc1. The highest BCUT2D eigenvalue weighted by atomic mass is 28.3. The molecule has 0 radical (unpaired) electrons. The molecule has 0 unspecified atom stereocenters. The number of carbonyl (C=O) groups is 1. The van der Waals surface area contributed by atoms with Crippen LogP contribution in [-0.4, -0.2) is 55.1 Å². The van der Waals surface area contributed by atoms with Gasteiger partial charge in [0.25, 0.3) is 0 Å². The van der Waals surface area contributed by atoms with Crippen LogP contribution in [0, 0.1) is 0 Å². The Morgan fingerprint density at radius 1 is 1.10 bits per heavy atom. The number of aliphatic hydroxyl groups is 1. The van der Waals surface area contributed by atoms with Crippen LogP contribution in [0.2, 0.25) is 25.7 Å². The van der Waals surface area contributed by atoms with Crippen LogP contribution in [0.1, 0.15) is 33.3 Å². The van der Waals surface area contributed by atoms with Gasteiger partial charge < -0.3 is 19.5 Å². The third-order valence-corrected chi connectivity index (χ3v) is 5.98. The predicted octanol–water partition coefficient (Wildman–Crippen LogP) is 5.08. The molecule has 0 bridgehead atoms. The molecule has 2 atom stereocenters. The zero-order valence-electron chi connectivity index (χ0n) is 19.1. The number of benzene rings is 1. The Morgan fingerprint density at radius 3 is 2.14 bits per heavy atom. The lowest BCUT2D eigenvalue weighted by molar-refractivity contribution is -0.0448. The smallest absolute Gasteiger partial charge is 0.410 e. The lowest BCUT2D eigenvalue weighted by Crippen LogP contribution is -2.46. The molecule has 1 aromatic carbocycles. The number of nitrogens with zero attached hydrogens (tertiary/aromatic N) is 1. The summed E-state index contributed by atoms with van der Waals surface area (Å²) in [6.45, 7) is 19.1. The fourth-order valence-electron chi connectivity index (χ4n) is 3.36. The van der Waals surface area contributed by atoms with Crippen molar-refractivity contribution in [1.29, 1.82) is 0 Å². The molecule has 0 fully saturated rings. The molecular formula is C23H39NO4Si. The van der Waals surface area contributed by atoms with Crippen molar-refractivity contribution in [1.82, 2.24) is 4.90 Å². The molecule has 5 nitrogen and oxygen atoms in total. The van der Waals surface area contributed by atoms with E-state index in [0.29, 0.717) is 6.61 Å². The summed E-state index contributed by atoms with van der Waals surface area (Å²) in [7, 11) is -1.49. The lowest BCUT2D eigenvalue weighted by Gasteiger charge is -2.34. The maximum absolute atomic E-state index is 12.8. The highest BCUT2D eigenvalue weighted by Gasteiger charge is 2.32. The van der Waals surface area contributed by atoms with Crippen LogP contribution in [0.4, 0.5) is 4.79 Å². The van der Waals surface area contributed by atoms with Crippen molar-refractivity contribution in [3.05, 3.63) is 48.0 Å². The Hall–Kier alpha value is -1.63. The number of carbonyl (C=O) groups excluding carboxylic acids is 1. The van der Waals surface area contributed by atoms with Crippen molar-refractivity contribution in [3.63, 3.8) is 0 Å². The molecule has 0 aliphatic heterocycles. The summed E-state index contributed by atoms with van der Waals surface area (Å²) in [5.74, 6) is 0. The molecule has 0 heterocycles. The van der Waals surface area contributed by atoms with Gasteiger partial charge in [-0.3, -0.25) is 0 Å². The summed E-state index contributed by atoms with van der Waals surface area (Å²) in [6, 6.07) is 10.5. The first-order valence-corrected chi connectivity index (χ1v) is 14.1. The summed E-state index contributed by atoms with van der Waals surface area (Å²) in [4.78, 5) is 14.5. The van der Waals surface area contributed by atoms with Gasteiger partial charge in [0.15, 0.2) is 6.10 Å². The van der Waals surface area contributed by atoms with E-state index < -0.39 is 26.4 Å². The lowest BCUT2D eigenvalue weighted by atomic mass is 10.1. The van der Waals surface area contributed by atoms with Crippen molar-refractivity contribution in [2.45, 2.75) is 84.3 Å². The first-order valence-electron chi connectivity index (χ1n) is 10.4. The third-order valence-electron chi connectivity index (χ3n) is 4.46. The van der Waals surface area contributed by atoms with E-state index in [4.69, 9.17) is 9.47 Å². The number of hydrogen-bond donors (Lipinski definition) is 1. The van der Waals surface area contributed by atoms with Crippen LogP contribution in [0.25, 0.3) is 0 Å². The summed E-state index contributed by atoms with van der Waals surface area (Å²) < 4.78 is 11.5. The molecule has 1 N–H and O–H groups in total. The molecular weight excluding hydrogens is 382 g/mol. The zero-order chi connectivity index (χ0) is 22.2. The van der Waals surface area contributed by atoms with Gasteiger partial charge >= 0.3 is 6.09 Å². The van der Waals surface area contributed by atoms with Crippen LogP contribution in [0.5, 0.6) is 0 Å². The molecule has 164 valence electrons. The Bertz CT molecular complexity index is 632. The molecule has 1 aromatic rings. The third kappa shape index (κ3) is 9.15. The number of aliphatic hydroxyl groups excluding tert-OH is 1. The van der Waals surface area contributed by atoms with Gasteiger partial charge in [0.1, 0.15) is 6.10 Å². The number of hydrogen-bond acceptors (Lipinski definition) is 4. The number of amides is 1. The van der Waals surface area contributed by atoms with Crippen LogP contribution >= 0.6 is 0 Å². The first-order chi connectivity index (χ1) is 13.4. The molecule has 1 amide bonds. The second kappa shape index (κ2) is 11.5. The summed E-state index contributed by atoms with van der Waals surface area (Å²) in [6.07, 6.45) is -2.18. The van der Waals surface area contributed by atoms with Crippen LogP contribution in [-0.2, 0) is 16.1 Å². The quantitative estimate of drug-likeness (QED) is 0.400. The van der Waals surface area contributed by atoms with Crippen molar-refractivity contribution in [2.24, 2.45) is 0 Å². The average Bonchev–Trinajstić information content (AvgIpc) is 2.58. The van der Waals surface area contributed by atoms with Gasteiger partial charge in [-0.2, -0.15) is 0 Å². The highest BCUT2D eigenvalue weighted by molar-refractivity contribution is 6.76. The van der Waals surface area contributed by atoms with Crippen LogP contribution in [0.15, 0.2) is 42.5 Å². The average molecular weight is 422 g/mol. The van der Waals surface area contributed by atoms with Crippen molar-refractivity contribution < 1.29 is 19.4 Å². The zero-order valence-corrected chi connectivity index (χ0v) is 20.1. The van der Waals surface area contributed by atoms with Gasteiger partial charge in [-0.25, -0.2) is 4.79 Å². The molecule has 6 heteroatoms. The van der Waals surface area contributed by atoms with E-state index in [0.717, 1.165) is 17.2 Å². The topological polar surface area (TPSA) is 59.0 Å². The maximum Gasteiger partial charge on any atom is 0.410 e. The van der Waals surface area contributed by atoms with Gasteiger partial charge in [0.2, 0.25) is 0 Å². The molecule has 0 spiro atoms. The second-order valence-corrected chi connectivity index (χ2v) is 14.8. The Morgan fingerprint density at radius 2 is 1.66 bits per heavy atom. The molecule has 0 aromatic heterocycles. The minimum Gasteiger partial charge on any atom is -0.439 e. The Balaban J connectivity index is 2.86. The molecule has 0 aliphatic carbocycles.